The Bertz CT molecular complexity index is 343. The molecule has 0 atom stereocenters. The average Bonchev–Trinajstić information content (AvgIpc) is 2.02. The van der Waals surface area contributed by atoms with Crippen molar-refractivity contribution >= 4 is 10.1 Å². The molecule has 6 heteroatoms. The summed E-state index contributed by atoms with van der Waals surface area (Å²) in [5.74, 6) is -0.239. The van der Waals surface area contributed by atoms with Crippen molar-refractivity contribution < 1.29 is 44.0 Å². The molecule has 0 aliphatic heterocycles. The normalized spacial score (nSPS) is 10.5. The van der Waals surface area contributed by atoms with Gasteiger partial charge in [-0.25, -0.2) is 0 Å². The summed E-state index contributed by atoms with van der Waals surface area (Å²) in [6, 6.07) is 3.43. The Morgan fingerprint density at radius 1 is 1.38 bits per heavy atom. The molecule has 0 radical (unpaired) electrons. The van der Waals surface area contributed by atoms with Crippen LogP contribution in [0.15, 0.2) is 24.5 Å². The molecule has 4 nitrogen and oxygen atoms in total. The Morgan fingerprint density at radius 2 is 1.92 bits per heavy atom. The minimum atomic E-state index is -3.84. The average molecular weight is 211 g/mol. The molecule has 1 aromatic rings. The number of hydrogen-bond donors (Lipinski definition) is 1. The van der Waals surface area contributed by atoms with Crippen molar-refractivity contribution in [2.45, 2.75) is 6.42 Å². The van der Waals surface area contributed by atoms with Crippen LogP contribution >= 0.6 is 0 Å². The Balaban J connectivity index is 0. The van der Waals surface area contributed by atoms with Crippen molar-refractivity contribution in [1.82, 2.24) is 4.98 Å². The van der Waals surface area contributed by atoms with Crippen LogP contribution in [-0.4, -0.2) is 23.7 Å². The van der Waals surface area contributed by atoms with Crippen LogP contribution in [0.1, 0.15) is 6.99 Å². The molecule has 1 rings (SSSR count). The summed E-state index contributed by atoms with van der Waals surface area (Å²) in [6.07, 6.45) is 3.49. The fourth-order valence-electron chi connectivity index (χ4n) is 0.796. The number of aryl methyl sites for hydroxylation is 1. The third kappa shape index (κ3) is 6.17. The molecule has 68 valence electrons. The zero-order valence-electron chi connectivity index (χ0n) is 8.34. The van der Waals surface area contributed by atoms with E-state index in [1.54, 1.807) is 24.5 Å². The topological polar surface area (TPSA) is 67.3 Å². The maximum atomic E-state index is 10.3. The van der Waals surface area contributed by atoms with E-state index in [4.69, 9.17) is 4.55 Å². The third-order valence-corrected chi connectivity index (χ3v) is 2.12. The second-order valence-corrected chi connectivity index (χ2v) is 3.96. The summed E-state index contributed by atoms with van der Waals surface area (Å²) in [5, 5.41) is 0. The predicted octanol–water partition coefficient (Wildman–Crippen LogP) is -2.37. The van der Waals surface area contributed by atoms with Crippen molar-refractivity contribution in [3.05, 3.63) is 30.1 Å². The second kappa shape index (κ2) is 5.72. The van der Waals surface area contributed by atoms with E-state index < -0.39 is 10.1 Å². The standard InChI is InChI=1S/C7H9NO3S.Na.H/c9-12(10,11)6-3-7-1-4-8-5-2-7;;/h1-2,4-5H,3,6H2,(H,9,10,11);;/q;+1;-1. The number of nitrogens with zero attached hydrogens (tertiary/aromatic N) is 1. The fraction of sp³-hybridized carbons (Fsp3) is 0.286. The first-order chi connectivity index (χ1) is 5.58. The Hall–Kier alpha value is 0.0600. The molecule has 0 aliphatic carbocycles. The van der Waals surface area contributed by atoms with Crippen LogP contribution in [0, 0.1) is 0 Å². The van der Waals surface area contributed by atoms with E-state index in [1.807, 2.05) is 0 Å². The van der Waals surface area contributed by atoms with Gasteiger partial charge >= 0.3 is 29.6 Å². The Morgan fingerprint density at radius 3 is 2.38 bits per heavy atom. The van der Waals surface area contributed by atoms with E-state index in [1.165, 1.54) is 0 Å². The maximum Gasteiger partial charge on any atom is 1.00 e. The van der Waals surface area contributed by atoms with Gasteiger partial charge in [0, 0.05) is 12.4 Å². The number of hydrogen-bond acceptors (Lipinski definition) is 3. The summed E-state index contributed by atoms with van der Waals surface area (Å²) in [4.78, 5) is 3.78. The van der Waals surface area contributed by atoms with Crippen molar-refractivity contribution in [3.8, 4) is 0 Å². The second-order valence-electron chi connectivity index (χ2n) is 2.39. The van der Waals surface area contributed by atoms with Gasteiger partial charge in [-0.1, -0.05) is 0 Å². The molecular weight excluding hydrogens is 201 g/mol. The van der Waals surface area contributed by atoms with Gasteiger partial charge in [-0.3, -0.25) is 9.54 Å². The Labute approximate surface area is 101 Å². The quantitative estimate of drug-likeness (QED) is 0.448. The summed E-state index contributed by atoms with van der Waals surface area (Å²) < 4.78 is 29.1. The third-order valence-electron chi connectivity index (χ3n) is 1.40. The number of pyridine rings is 1. The Kier molecular flexibility index (Phi) is 5.75. The van der Waals surface area contributed by atoms with Gasteiger partial charge in [0.05, 0.1) is 5.75 Å². The summed E-state index contributed by atoms with van der Waals surface area (Å²) in [7, 11) is -3.84. The first-order valence-corrected chi connectivity index (χ1v) is 5.03. The molecule has 0 aliphatic rings. The monoisotopic (exact) mass is 211 g/mol. The van der Waals surface area contributed by atoms with Crippen LogP contribution < -0.4 is 29.6 Å². The summed E-state index contributed by atoms with van der Waals surface area (Å²) in [6.45, 7) is 0. The van der Waals surface area contributed by atoms with Crippen molar-refractivity contribution in [2.24, 2.45) is 0 Å². The van der Waals surface area contributed by atoms with Crippen LogP contribution in [0.2, 0.25) is 0 Å². The number of aromatic nitrogens is 1. The molecule has 0 saturated heterocycles. The first kappa shape index (κ1) is 13.1. The van der Waals surface area contributed by atoms with Gasteiger partial charge in [0.25, 0.3) is 10.1 Å². The SMILES string of the molecule is O=S(=O)(O)CCc1ccncc1.[H-].[Na+]. The number of rotatable bonds is 3. The van der Waals surface area contributed by atoms with Crippen molar-refractivity contribution in [2.75, 3.05) is 5.75 Å². The van der Waals surface area contributed by atoms with Gasteiger partial charge in [-0.05, 0) is 24.1 Å². The van der Waals surface area contributed by atoms with Crippen molar-refractivity contribution in [1.29, 1.82) is 0 Å². The van der Waals surface area contributed by atoms with E-state index in [0.717, 1.165) is 5.56 Å². The molecule has 0 amide bonds. The molecule has 0 unspecified atom stereocenters. The summed E-state index contributed by atoms with van der Waals surface area (Å²) >= 11 is 0. The predicted molar refractivity (Wildman–Crippen MR) is 45.5 cm³/mol. The molecule has 1 heterocycles. The van der Waals surface area contributed by atoms with E-state index in [2.05, 4.69) is 4.98 Å². The minimum absolute atomic E-state index is 0. The van der Waals surface area contributed by atoms with Crippen LogP contribution in [0.4, 0.5) is 0 Å². The van der Waals surface area contributed by atoms with Gasteiger partial charge in [-0.2, -0.15) is 8.42 Å². The first-order valence-electron chi connectivity index (χ1n) is 3.42. The molecule has 0 fully saturated rings. The minimum Gasteiger partial charge on any atom is -1.00 e. The molecule has 0 saturated carbocycles. The molecular formula is C7H10NNaO3S. The zero-order chi connectivity index (χ0) is 9.03. The molecule has 1 aromatic heterocycles. The summed E-state index contributed by atoms with van der Waals surface area (Å²) in [5.41, 5.74) is 0.850. The molecule has 13 heavy (non-hydrogen) atoms. The fourth-order valence-corrected chi connectivity index (χ4v) is 1.29. The van der Waals surface area contributed by atoms with Crippen LogP contribution in [-0.2, 0) is 16.5 Å². The van der Waals surface area contributed by atoms with Gasteiger partial charge < -0.3 is 1.43 Å². The van der Waals surface area contributed by atoms with Crippen LogP contribution in [0.5, 0.6) is 0 Å². The smallest absolute Gasteiger partial charge is 1.00 e. The van der Waals surface area contributed by atoms with E-state index in [9.17, 15) is 8.42 Å². The van der Waals surface area contributed by atoms with E-state index in [0.29, 0.717) is 6.42 Å². The van der Waals surface area contributed by atoms with Gasteiger partial charge in [0.2, 0.25) is 0 Å². The van der Waals surface area contributed by atoms with Gasteiger partial charge in [0.1, 0.15) is 0 Å². The van der Waals surface area contributed by atoms with E-state index >= 15 is 0 Å². The van der Waals surface area contributed by atoms with E-state index in [-0.39, 0.29) is 36.7 Å². The maximum absolute atomic E-state index is 10.3. The molecule has 0 bridgehead atoms. The van der Waals surface area contributed by atoms with Crippen LogP contribution in [0.3, 0.4) is 0 Å². The van der Waals surface area contributed by atoms with Gasteiger partial charge in [0.15, 0.2) is 0 Å². The largest absolute Gasteiger partial charge is 1.00 e. The van der Waals surface area contributed by atoms with Gasteiger partial charge in [-0.15, -0.1) is 0 Å². The molecule has 0 aromatic carbocycles. The van der Waals surface area contributed by atoms with Crippen molar-refractivity contribution in [3.63, 3.8) is 0 Å². The van der Waals surface area contributed by atoms with Crippen LogP contribution in [0.25, 0.3) is 0 Å². The zero-order valence-corrected chi connectivity index (χ0v) is 10.2. The molecule has 1 N–H and O–H groups in total. The molecule has 0 spiro atoms.